The molecule has 19 heavy (non-hydrogen) atoms. The van der Waals surface area contributed by atoms with Crippen molar-refractivity contribution >= 4 is 15.9 Å². The van der Waals surface area contributed by atoms with Gasteiger partial charge in [-0.1, -0.05) is 18.2 Å². The van der Waals surface area contributed by atoms with E-state index in [1.807, 2.05) is 0 Å². The number of rotatable bonds is 6. The van der Waals surface area contributed by atoms with Gasteiger partial charge >= 0.3 is 0 Å². The van der Waals surface area contributed by atoms with E-state index in [0.717, 1.165) is 6.26 Å². The molecule has 1 N–H and O–H groups in total. The van der Waals surface area contributed by atoms with Crippen molar-refractivity contribution in [1.82, 2.24) is 9.62 Å². The van der Waals surface area contributed by atoms with Gasteiger partial charge < -0.3 is 4.90 Å². The van der Waals surface area contributed by atoms with Crippen LogP contribution in [-0.4, -0.2) is 38.6 Å². The molecule has 0 aliphatic carbocycles. The first-order valence-corrected chi connectivity index (χ1v) is 7.62. The second-order valence-corrected chi connectivity index (χ2v) is 6.03. The highest BCUT2D eigenvalue weighted by molar-refractivity contribution is 7.88. The van der Waals surface area contributed by atoms with E-state index in [9.17, 15) is 17.6 Å². The molecule has 0 bridgehead atoms. The maximum Gasteiger partial charge on any atom is 0.219 e. The van der Waals surface area contributed by atoms with Crippen LogP contribution in [0.25, 0.3) is 0 Å². The zero-order chi connectivity index (χ0) is 14.5. The molecule has 1 aromatic rings. The van der Waals surface area contributed by atoms with Crippen molar-refractivity contribution in [2.75, 3.05) is 19.3 Å². The largest absolute Gasteiger partial charge is 0.337 e. The van der Waals surface area contributed by atoms with Gasteiger partial charge in [-0.05, 0) is 6.07 Å². The lowest BCUT2D eigenvalue weighted by molar-refractivity contribution is -0.129. The van der Waals surface area contributed by atoms with Crippen LogP contribution < -0.4 is 4.72 Å². The molecule has 5 nitrogen and oxygen atoms in total. The average molecular weight is 288 g/mol. The quantitative estimate of drug-likeness (QED) is 0.839. The molecule has 0 saturated carbocycles. The van der Waals surface area contributed by atoms with E-state index in [-0.39, 0.29) is 31.4 Å². The van der Waals surface area contributed by atoms with Gasteiger partial charge in [-0.2, -0.15) is 0 Å². The molecule has 1 aromatic carbocycles. The Balaban J connectivity index is 2.64. The van der Waals surface area contributed by atoms with E-state index in [4.69, 9.17) is 0 Å². The van der Waals surface area contributed by atoms with Gasteiger partial charge in [-0.3, -0.25) is 4.79 Å². The van der Waals surface area contributed by atoms with Gasteiger partial charge in [0.1, 0.15) is 5.82 Å². The van der Waals surface area contributed by atoms with Gasteiger partial charge in [-0.25, -0.2) is 17.5 Å². The van der Waals surface area contributed by atoms with Crippen LogP contribution in [0.15, 0.2) is 24.3 Å². The highest BCUT2D eigenvalue weighted by Gasteiger charge is 2.12. The van der Waals surface area contributed by atoms with Crippen molar-refractivity contribution in [3.05, 3.63) is 35.6 Å². The van der Waals surface area contributed by atoms with Crippen LogP contribution >= 0.6 is 0 Å². The summed E-state index contributed by atoms with van der Waals surface area (Å²) in [5.41, 5.74) is 0.400. The van der Waals surface area contributed by atoms with Gasteiger partial charge in [0, 0.05) is 32.1 Å². The number of nitrogens with zero attached hydrogens (tertiary/aromatic N) is 1. The standard InChI is InChI=1S/C12H17FN2O3S/c1-10(16)15(8-7-14-19(2,17)18)9-11-5-3-4-6-12(11)13/h3-6,14H,7-9H2,1-2H3. The third-order valence-electron chi connectivity index (χ3n) is 2.51. The highest BCUT2D eigenvalue weighted by atomic mass is 32.2. The van der Waals surface area contributed by atoms with Gasteiger partial charge in [0.2, 0.25) is 15.9 Å². The van der Waals surface area contributed by atoms with E-state index in [1.165, 1.54) is 17.9 Å². The zero-order valence-corrected chi connectivity index (χ0v) is 11.7. The SMILES string of the molecule is CC(=O)N(CCNS(C)(=O)=O)Cc1ccccc1F. The first-order valence-electron chi connectivity index (χ1n) is 5.73. The maximum absolute atomic E-state index is 13.5. The number of carbonyl (C=O) groups excluding carboxylic acids is 1. The number of hydrogen-bond donors (Lipinski definition) is 1. The zero-order valence-electron chi connectivity index (χ0n) is 10.9. The van der Waals surface area contributed by atoms with Crippen molar-refractivity contribution in [3.8, 4) is 0 Å². The molecule has 0 unspecified atom stereocenters. The molecule has 7 heteroatoms. The maximum atomic E-state index is 13.5. The van der Waals surface area contributed by atoms with Crippen LogP contribution in [0.5, 0.6) is 0 Å². The van der Waals surface area contributed by atoms with Crippen LogP contribution in [0.4, 0.5) is 4.39 Å². The van der Waals surface area contributed by atoms with Crippen LogP contribution in [0.2, 0.25) is 0 Å². The van der Waals surface area contributed by atoms with Crippen LogP contribution in [0.1, 0.15) is 12.5 Å². The number of halogens is 1. The average Bonchev–Trinajstić information content (AvgIpc) is 2.28. The lowest BCUT2D eigenvalue weighted by atomic mass is 10.2. The molecule has 0 aliphatic heterocycles. The second kappa shape index (κ2) is 6.63. The Morgan fingerprint density at radius 3 is 2.53 bits per heavy atom. The minimum Gasteiger partial charge on any atom is -0.337 e. The molecule has 0 fully saturated rings. The number of amides is 1. The molecule has 0 spiro atoms. The topological polar surface area (TPSA) is 66.5 Å². The predicted octanol–water partition coefficient (Wildman–Crippen LogP) is 0.723. The van der Waals surface area contributed by atoms with Gasteiger partial charge in [0.15, 0.2) is 0 Å². The summed E-state index contributed by atoms with van der Waals surface area (Å²) < 4.78 is 37.6. The first-order chi connectivity index (χ1) is 8.79. The predicted molar refractivity (Wildman–Crippen MR) is 70.3 cm³/mol. The van der Waals surface area contributed by atoms with Crippen LogP contribution in [-0.2, 0) is 21.4 Å². The van der Waals surface area contributed by atoms with Crippen LogP contribution in [0.3, 0.4) is 0 Å². The highest BCUT2D eigenvalue weighted by Crippen LogP contribution is 2.09. The molecule has 1 rings (SSSR count). The summed E-state index contributed by atoms with van der Waals surface area (Å²) in [7, 11) is -3.29. The summed E-state index contributed by atoms with van der Waals surface area (Å²) in [4.78, 5) is 12.8. The lowest BCUT2D eigenvalue weighted by Crippen LogP contribution is -2.36. The summed E-state index contributed by atoms with van der Waals surface area (Å²) >= 11 is 0. The first kappa shape index (κ1) is 15.6. The summed E-state index contributed by atoms with van der Waals surface area (Å²) in [6.45, 7) is 1.78. The molecule has 0 radical (unpaired) electrons. The summed E-state index contributed by atoms with van der Waals surface area (Å²) in [6, 6.07) is 6.17. The molecular weight excluding hydrogens is 271 g/mol. The molecule has 0 heterocycles. The number of sulfonamides is 1. The smallest absolute Gasteiger partial charge is 0.219 e. The minimum atomic E-state index is -3.29. The summed E-state index contributed by atoms with van der Waals surface area (Å²) in [5.74, 6) is -0.622. The Labute approximate surface area is 112 Å². The Kier molecular flexibility index (Phi) is 5.44. The van der Waals surface area contributed by atoms with Gasteiger partial charge in [0.25, 0.3) is 0 Å². The van der Waals surface area contributed by atoms with E-state index in [1.54, 1.807) is 18.2 Å². The minimum absolute atomic E-state index is 0.104. The number of benzene rings is 1. The third kappa shape index (κ3) is 5.80. The van der Waals surface area contributed by atoms with Crippen molar-refractivity contribution in [2.24, 2.45) is 0 Å². The van der Waals surface area contributed by atoms with E-state index in [0.29, 0.717) is 5.56 Å². The second-order valence-electron chi connectivity index (χ2n) is 4.20. The van der Waals surface area contributed by atoms with Crippen LogP contribution in [0, 0.1) is 5.82 Å². The molecule has 0 saturated heterocycles. The Bertz CT molecular complexity index is 546. The monoisotopic (exact) mass is 288 g/mol. The summed E-state index contributed by atoms with van der Waals surface area (Å²) in [5, 5.41) is 0. The number of nitrogens with one attached hydrogen (secondary N) is 1. The fourth-order valence-corrected chi connectivity index (χ4v) is 2.01. The fraction of sp³-hybridized carbons (Fsp3) is 0.417. The fourth-order valence-electron chi connectivity index (χ4n) is 1.55. The van der Waals surface area contributed by atoms with Gasteiger partial charge in [-0.15, -0.1) is 0 Å². The normalized spacial score (nSPS) is 11.3. The van der Waals surface area contributed by atoms with Crippen molar-refractivity contribution < 1.29 is 17.6 Å². The van der Waals surface area contributed by atoms with E-state index < -0.39 is 10.0 Å². The van der Waals surface area contributed by atoms with Crippen molar-refractivity contribution in [2.45, 2.75) is 13.5 Å². The molecule has 106 valence electrons. The molecule has 0 atom stereocenters. The Morgan fingerprint density at radius 2 is 2.00 bits per heavy atom. The third-order valence-corrected chi connectivity index (χ3v) is 3.24. The van der Waals surface area contributed by atoms with E-state index >= 15 is 0 Å². The summed E-state index contributed by atoms with van der Waals surface area (Å²) in [6.07, 6.45) is 1.04. The number of carbonyl (C=O) groups is 1. The van der Waals surface area contributed by atoms with Gasteiger partial charge in [0.05, 0.1) is 6.26 Å². The van der Waals surface area contributed by atoms with Crippen molar-refractivity contribution in [3.63, 3.8) is 0 Å². The van der Waals surface area contributed by atoms with E-state index in [2.05, 4.69) is 4.72 Å². The number of hydrogen-bond acceptors (Lipinski definition) is 3. The molecular formula is C12H17FN2O3S. The molecule has 0 aromatic heterocycles. The Hall–Kier alpha value is -1.47. The Morgan fingerprint density at radius 1 is 1.37 bits per heavy atom. The lowest BCUT2D eigenvalue weighted by Gasteiger charge is -2.21. The molecule has 0 aliphatic rings. The van der Waals surface area contributed by atoms with Crippen molar-refractivity contribution in [1.29, 1.82) is 0 Å². The molecule has 1 amide bonds.